The Morgan fingerprint density at radius 1 is 1.00 bits per heavy atom. The topological polar surface area (TPSA) is 161 Å². The number of halogens is 3. The fraction of sp³-hybridized carbons (Fsp3) is 0.667. The van der Waals surface area contributed by atoms with Gasteiger partial charge < -0.3 is 29.2 Å². The van der Waals surface area contributed by atoms with Gasteiger partial charge in [-0.3, -0.25) is 43.9 Å². The molecule has 438 valence electrons. The number of benzene rings is 1. The van der Waals surface area contributed by atoms with Gasteiger partial charge >= 0.3 is 12.1 Å². The molecule has 6 aliphatic heterocycles. The Labute approximate surface area is 478 Å². The van der Waals surface area contributed by atoms with Crippen LogP contribution in [0.15, 0.2) is 35.8 Å². The number of aromatic nitrogens is 3. The van der Waals surface area contributed by atoms with Crippen LogP contribution in [0.2, 0.25) is 0 Å². The van der Waals surface area contributed by atoms with Crippen LogP contribution in [0.5, 0.6) is 0 Å². The number of hydrogen-bond donors (Lipinski definition) is 2. The van der Waals surface area contributed by atoms with Gasteiger partial charge in [0.05, 0.1) is 54.1 Å². The van der Waals surface area contributed by atoms with Crippen LogP contribution < -0.4 is 15.6 Å². The summed E-state index contributed by atoms with van der Waals surface area (Å²) < 4.78 is 68.1. The van der Waals surface area contributed by atoms with Gasteiger partial charge in [-0.15, -0.1) is 11.3 Å². The number of hydrazine groups is 1. The Balaban J connectivity index is 0.874. The Morgan fingerprint density at radius 3 is 2.48 bits per heavy atom. The maximum absolute atomic E-state index is 15.2. The third-order valence-corrected chi connectivity index (χ3v) is 19.6. The minimum Gasteiger partial charge on any atom is -0.464 e. The number of pyridine rings is 1. The second-order valence-electron chi connectivity index (χ2n) is 25.8. The van der Waals surface area contributed by atoms with Gasteiger partial charge in [0.1, 0.15) is 24.6 Å². The van der Waals surface area contributed by atoms with Crippen LogP contribution in [0.3, 0.4) is 0 Å². The number of hydrogen-bond acceptors (Lipinski definition) is 14. The summed E-state index contributed by atoms with van der Waals surface area (Å²) in [5.41, 5.74) is 6.62. The monoisotopic (exact) mass is 1140 g/mol. The lowest BCUT2D eigenvalue weighted by Crippen LogP contribution is -2.62. The Kier molecular flexibility index (Phi) is 14.8. The van der Waals surface area contributed by atoms with E-state index in [1.54, 1.807) is 19.2 Å². The number of nitrogens with zero attached hydrogens (tertiary/aromatic N) is 9. The van der Waals surface area contributed by atoms with Gasteiger partial charge in [-0.25, -0.2) is 10.4 Å². The molecule has 3 aromatic heterocycles. The number of piperazine rings is 1. The van der Waals surface area contributed by atoms with E-state index in [4.69, 9.17) is 20.8 Å². The quantitative estimate of drug-likeness (QED) is 0.110. The molecule has 8 atom stereocenters. The van der Waals surface area contributed by atoms with E-state index in [0.29, 0.717) is 101 Å². The number of thiazole rings is 1. The van der Waals surface area contributed by atoms with Crippen LogP contribution in [-0.2, 0) is 48.0 Å². The summed E-state index contributed by atoms with van der Waals surface area (Å²) in [5.74, 6) is -1.12. The molecule has 12 rings (SSSR count). The van der Waals surface area contributed by atoms with Crippen molar-refractivity contribution in [3.63, 3.8) is 0 Å². The number of esters is 1. The lowest BCUT2D eigenvalue weighted by atomic mass is 9.84. The van der Waals surface area contributed by atoms with Crippen molar-refractivity contribution >= 4 is 51.6 Å². The number of anilines is 1. The smallest absolute Gasteiger partial charge is 0.406 e. The second-order valence-corrected chi connectivity index (χ2v) is 26.8. The summed E-state index contributed by atoms with van der Waals surface area (Å²) in [6, 6.07) is 4.24. The number of ether oxygens (including phenoxy) is 2. The summed E-state index contributed by atoms with van der Waals surface area (Å²) in [6.45, 7) is 14.3. The Morgan fingerprint density at radius 2 is 1.77 bits per heavy atom. The first kappa shape index (κ1) is 55.0. The minimum absolute atomic E-state index is 0.0196. The van der Waals surface area contributed by atoms with E-state index in [0.717, 1.165) is 57.5 Å². The fourth-order valence-electron chi connectivity index (χ4n) is 14.1. The number of cyclic esters (lactones) is 1. The average Bonchev–Trinajstić information content (AvgIpc) is 1.91. The Hall–Kier alpha value is -5.19. The van der Waals surface area contributed by atoms with Crippen LogP contribution in [0.1, 0.15) is 110 Å². The first-order valence-corrected chi connectivity index (χ1v) is 30.4. The first-order chi connectivity index (χ1) is 39.0. The van der Waals surface area contributed by atoms with Gasteiger partial charge in [-0.05, 0) is 114 Å². The number of likely N-dealkylation sites (N-methyl/N-ethyl adjacent to an activating group) is 1. The molecule has 9 heterocycles. The zero-order valence-corrected chi connectivity index (χ0v) is 48.8. The summed E-state index contributed by atoms with van der Waals surface area (Å²) in [7, 11) is 3.45. The number of carbonyl (C=O) groups is 4. The standard InChI is InChI=1S/C60H80F3N11O6S/c1-35(2)50(71-19-16-59(31-71)17-20-72(32-59)56(77)53-51(68(53)6)37-10-11-37)54(75)66-45-27-48-65-46(30-81-48)38-12-15-47-41(25-38)43(28-58(4,5)34-80-57(78)44-9-8-18-74(67-44)55(45)76)52(73(47)33-60(61,62)63)42-26-40(29-64-49(42)36(3)79-7)70-23-21-69(22-24-70)39-13-14-39/h12,15,25-26,29-30,35-37,39,44-45,50-51,53,67H,8-11,13-14,16-24,27-28,31-34H2,1-7H3,(H,66,75)/t36-,44-,45-,50-,51+,53+,59-,68?/m0/s1/i53D. The van der Waals surface area contributed by atoms with E-state index in [2.05, 4.69) is 25.4 Å². The summed E-state index contributed by atoms with van der Waals surface area (Å²) in [5, 5.41) is 7.64. The van der Waals surface area contributed by atoms with Gasteiger partial charge in [-0.1, -0.05) is 33.8 Å². The highest BCUT2D eigenvalue weighted by molar-refractivity contribution is 7.10. The molecular formula is C60H80F3N11O6S. The van der Waals surface area contributed by atoms with Gasteiger partial charge in [0, 0.05) is 116 Å². The maximum atomic E-state index is 15.2. The Bertz CT molecular complexity index is 3120. The SMILES string of the molecule is [2H][C@]1(C(=O)N2CC[C@]3(CCN([C@H](C(=O)N[C@H]4Cc5nc(cs5)-c5ccc6c(c5)c(c(-c5cc(N7CCN(C8CC8)CC7)cnc5[C@H](C)OC)n6CC(F)(F)F)CC(C)(C)COC(=O)[C@@H]5CCCN(N5)C4=O)C(C)C)C3)C2)[C@@H](C2CC2)N1C. The third kappa shape index (κ3) is 11.5. The van der Waals surface area contributed by atoms with E-state index in [9.17, 15) is 19.2 Å². The molecule has 7 fully saturated rings. The highest BCUT2D eigenvalue weighted by atomic mass is 32.1. The van der Waals surface area contributed by atoms with Gasteiger partial charge in [-0.2, -0.15) is 13.2 Å². The van der Waals surface area contributed by atoms with E-state index < -0.39 is 60.3 Å². The molecule has 5 saturated heterocycles. The summed E-state index contributed by atoms with van der Waals surface area (Å²) >= 11 is 1.34. The number of rotatable bonds is 12. The molecule has 2 saturated carbocycles. The van der Waals surface area contributed by atoms with Crippen molar-refractivity contribution in [3.8, 4) is 22.5 Å². The molecule has 3 amide bonds. The van der Waals surface area contributed by atoms with Crippen molar-refractivity contribution in [3.05, 3.63) is 52.1 Å². The molecule has 0 radical (unpaired) electrons. The number of likely N-dealkylation sites (tertiary alicyclic amines) is 2. The molecule has 1 spiro atoms. The predicted octanol–water partition coefficient (Wildman–Crippen LogP) is 7.07. The number of methoxy groups -OCH3 is 1. The second kappa shape index (κ2) is 21.8. The zero-order valence-electron chi connectivity index (χ0n) is 48.9. The molecular weight excluding hydrogens is 1060 g/mol. The molecule has 17 nitrogen and oxygen atoms in total. The number of carbonyl (C=O) groups excluding carboxylic acids is 4. The highest BCUT2D eigenvalue weighted by Gasteiger charge is 2.59. The lowest BCUT2D eigenvalue weighted by Gasteiger charge is -2.37. The van der Waals surface area contributed by atoms with Crippen molar-refractivity contribution in [2.75, 3.05) is 84.6 Å². The zero-order chi connectivity index (χ0) is 57.8. The first-order valence-electron chi connectivity index (χ1n) is 30.0. The van der Waals surface area contributed by atoms with Crippen molar-refractivity contribution in [1.29, 1.82) is 0 Å². The normalized spacial score (nSPS) is 29.5. The minimum atomic E-state index is -4.61. The third-order valence-electron chi connectivity index (χ3n) is 18.8. The largest absolute Gasteiger partial charge is 0.464 e. The van der Waals surface area contributed by atoms with Crippen LogP contribution >= 0.6 is 11.3 Å². The van der Waals surface area contributed by atoms with E-state index in [-0.39, 0.29) is 55.2 Å². The van der Waals surface area contributed by atoms with Crippen LogP contribution in [-0.4, -0.2) is 185 Å². The molecule has 2 aliphatic carbocycles. The molecule has 8 aliphatic rings. The number of alkyl halides is 3. The highest BCUT2D eigenvalue weighted by Crippen LogP contribution is 2.49. The van der Waals surface area contributed by atoms with Gasteiger partial charge in [0.15, 0.2) is 0 Å². The summed E-state index contributed by atoms with van der Waals surface area (Å²) in [6.07, 6.45) is 3.90. The van der Waals surface area contributed by atoms with E-state index in [1.165, 1.54) is 33.8 Å². The number of fused-ring (bicyclic) bond motifs is 6. The summed E-state index contributed by atoms with van der Waals surface area (Å²) in [4.78, 5) is 78.9. The maximum Gasteiger partial charge on any atom is 0.406 e. The van der Waals surface area contributed by atoms with E-state index in [1.807, 2.05) is 75.2 Å². The fourth-order valence-corrected chi connectivity index (χ4v) is 14.9. The van der Waals surface area contributed by atoms with Crippen LogP contribution in [0.4, 0.5) is 18.9 Å². The number of nitrogens with one attached hydrogen (secondary N) is 2. The molecule has 6 bridgehead atoms. The van der Waals surface area contributed by atoms with Crippen molar-refractivity contribution < 1.29 is 43.2 Å². The van der Waals surface area contributed by atoms with Crippen LogP contribution in [0.25, 0.3) is 33.4 Å². The molecule has 4 aromatic rings. The molecule has 81 heavy (non-hydrogen) atoms. The van der Waals surface area contributed by atoms with Crippen molar-refractivity contribution in [1.82, 2.24) is 49.9 Å². The van der Waals surface area contributed by atoms with Crippen molar-refractivity contribution in [2.24, 2.45) is 22.7 Å². The molecule has 1 unspecified atom stereocenters. The molecule has 2 N–H and O–H groups in total. The molecule has 1 aromatic carbocycles. The van der Waals surface area contributed by atoms with Crippen LogP contribution in [0, 0.1) is 22.7 Å². The molecule has 21 heteroatoms. The lowest BCUT2D eigenvalue weighted by molar-refractivity contribution is -0.155. The van der Waals surface area contributed by atoms with Gasteiger partial charge in [0.2, 0.25) is 11.8 Å². The number of amides is 3. The van der Waals surface area contributed by atoms with Gasteiger partial charge in [0.25, 0.3) is 5.91 Å². The van der Waals surface area contributed by atoms with E-state index >= 15 is 13.2 Å². The predicted molar refractivity (Wildman–Crippen MR) is 303 cm³/mol. The van der Waals surface area contributed by atoms with Crippen molar-refractivity contribution in [2.45, 2.75) is 154 Å². The average molecular weight is 1140 g/mol.